The maximum Gasteiger partial charge on any atom is 0.136 e. The Morgan fingerprint density at radius 1 is 0.130 bits per heavy atom. The lowest BCUT2D eigenvalue weighted by atomic mass is 9.91. The van der Waals surface area contributed by atoms with Crippen molar-refractivity contribution in [1.82, 2.24) is 18.3 Å². The zero-order valence-corrected chi connectivity index (χ0v) is 58.2. The van der Waals surface area contributed by atoms with Gasteiger partial charge in [-0.25, -0.2) is 0 Å². The van der Waals surface area contributed by atoms with Crippen molar-refractivity contribution in [3.05, 3.63) is 364 Å². The normalized spacial score (nSPS) is 12.3. The van der Waals surface area contributed by atoms with Gasteiger partial charge in [-0.1, -0.05) is 212 Å². The first-order valence-corrected chi connectivity index (χ1v) is 37.1. The van der Waals surface area contributed by atoms with E-state index in [0.717, 1.165) is 105 Å². The van der Waals surface area contributed by atoms with Gasteiger partial charge in [-0.05, 0) is 228 Å². The van der Waals surface area contributed by atoms with E-state index in [2.05, 4.69) is 370 Å². The fraction of sp³-hybridized carbons (Fsp3) is 0. The summed E-state index contributed by atoms with van der Waals surface area (Å²) >= 11 is 0. The molecule has 0 spiro atoms. The summed E-state index contributed by atoms with van der Waals surface area (Å²) in [5, 5.41) is 21.7. The molecule has 500 valence electrons. The van der Waals surface area contributed by atoms with Crippen LogP contribution in [0, 0.1) is 0 Å². The molecular weight excluding hydrogens is 1310 g/mol. The third-order valence-corrected chi connectivity index (χ3v) is 23.4. The average Bonchev–Trinajstić information content (AvgIpc) is 1.39. The molecule has 24 aromatic rings. The van der Waals surface area contributed by atoms with Crippen LogP contribution >= 0.6 is 0 Å². The number of hydrogen-bond donors (Lipinski definition) is 0. The van der Waals surface area contributed by atoms with Gasteiger partial charge in [-0.2, -0.15) is 0 Å². The van der Waals surface area contributed by atoms with Gasteiger partial charge < -0.3 is 27.1 Å². The van der Waals surface area contributed by atoms with Crippen LogP contribution in [0.1, 0.15) is 0 Å². The molecular formula is C102H60N4O2. The number of rotatable bonds is 8. The first-order chi connectivity index (χ1) is 53.5. The molecule has 0 atom stereocenters. The summed E-state index contributed by atoms with van der Waals surface area (Å²) in [4.78, 5) is 0. The molecule has 0 amide bonds. The van der Waals surface area contributed by atoms with Crippen molar-refractivity contribution in [2.45, 2.75) is 0 Å². The van der Waals surface area contributed by atoms with Crippen molar-refractivity contribution < 1.29 is 8.83 Å². The van der Waals surface area contributed by atoms with Gasteiger partial charge in [0.05, 0.1) is 44.1 Å². The number of para-hydroxylation sites is 6. The fourth-order valence-electron chi connectivity index (χ4n) is 18.4. The van der Waals surface area contributed by atoms with Crippen LogP contribution in [-0.2, 0) is 0 Å². The highest BCUT2D eigenvalue weighted by Crippen LogP contribution is 2.45. The molecule has 6 nitrogen and oxygen atoms in total. The lowest BCUT2D eigenvalue weighted by Crippen LogP contribution is -1.96. The molecule has 0 bridgehead atoms. The second-order valence-electron chi connectivity index (χ2n) is 29.1. The van der Waals surface area contributed by atoms with Gasteiger partial charge in [-0.3, -0.25) is 0 Å². The van der Waals surface area contributed by atoms with Crippen LogP contribution in [0.2, 0.25) is 0 Å². The van der Waals surface area contributed by atoms with Crippen LogP contribution in [-0.4, -0.2) is 18.3 Å². The van der Waals surface area contributed by atoms with E-state index in [0.29, 0.717) is 0 Å². The molecule has 24 rings (SSSR count). The van der Waals surface area contributed by atoms with E-state index in [-0.39, 0.29) is 0 Å². The Bertz CT molecular complexity index is 7910. The summed E-state index contributed by atoms with van der Waals surface area (Å²) in [5.74, 6) is 0. The standard InChI is InChI=1S/C102H60N4O2/c1-2-16-74-73(15-1)84-53-65(67-39-52-100-89(56-67)82-22-8-14-28-99(82)107-100)35-45-75(84)76-47-42-70(58-85(74)76)105-95-27-13-7-21-81(95)88-60-72(44-50-98(88)105)106-94-26-12-5-19-79(94)86-54-66(37-48-96(86)106)68-36-46-83-90-55-64(38-51-101(90)108-102(83)57-68)63-31-29-61(30-32-63)62-33-40-69(41-34-62)103-93-25-11-6-20-80(93)87-59-71(43-49-97(87)103)104-91-23-9-3-17-77(91)78-18-4-10-24-92(78)104/h1-60H. The summed E-state index contributed by atoms with van der Waals surface area (Å²) in [5.41, 5.74) is 26.8. The minimum absolute atomic E-state index is 0.868. The van der Waals surface area contributed by atoms with Gasteiger partial charge in [0, 0.05) is 87.4 Å². The molecule has 18 aromatic carbocycles. The summed E-state index contributed by atoms with van der Waals surface area (Å²) < 4.78 is 22.6. The van der Waals surface area contributed by atoms with Crippen LogP contribution in [0.4, 0.5) is 0 Å². The number of furan rings is 2. The maximum atomic E-state index is 6.70. The molecule has 0 radical (unpaired) electrons. The SMILES string of the molecule is c1ccc2c(c1)oc1ccc(-c3ccc4c5ccc(-n6c7ccccc7c7cc(-n8c9ccccc9c9cc(-c%10ccc%11c(c%10)oc%10ccc(-c%12ccc(-c%13ccc(-n%14c%15ccccc%15c%15cc(-n%16c%17ccccc%17c%17ccccc%17%16)ccc%15%14)cc%13)cc%12)cc%10%11)ccc98)ccc76)cc5c5ccccc5c4c3)cc12. The summed E-state index contributed by atoms with van der Waals surface area (Å²) in [6, 6.07) is 134. The molecule has 0 N–H and O–H groups in total. The lowest BCUT2D eigenvalue weighted by molar-refractivity contribution is 0.668. The van der Waals surface area contributed by atoms with Crippen LogP contribution < -0.4 is 0 Å². The van der Waals surface area contributed by atoms with Gasteiger partial charge in [0.2, 0.25) is 0 Å². The van der Waals surface area contributed by atoms with E-state index in [1.807, 2.05) is 12.1 Å². The second kappa shape index (κ2) is 22.5. The number of hydrogen-bond acceptors (Lipinski definition) is 2. The first kappa shape index (κ1) is 59.0. The molecule has 6 heteroatoms. The third-order valence-electron chi connectivity index (χ3n) is 23.4. The molecule has 0 saturated heterocycles. The molecule has 0 unspecified atom stereocenters. The highest BCUT2D eigenvalue weighted by molar-refractivity contribution is 6.27. The van der Waals surface area contributed by atoms with E-state index in [1.54, 1.807) is 0 Å². The Morgan fingerprint density at radius 3 is 0.889 bits per heavy atom. The number of fused-ring (bicyclic) bond motifs is 24. The molecule has 0 saturated carbocycles. The monoisotopic (exact) mass is 1370 g/mol. The predicted molar refractivity (Wildman–Crippen MR) is 453 cm³/mol. The topological polar surface area (TPSA) is 46.0 Å². The van der Waals surface area contributed by atoms with Crippen molar-refractivity contribution in [3.63, 3.8) is 0 Å². The van der Waals surface area contributed by atoms with Crippen LogP contribution in [0.25, 0.3) is 231 Å². The van der Waals surface area contributed by atoms with Gasteiger partial charge in [-0.15, -0.1) is 0 Å². The Kier molecular flexibility index (Phi) is 12.3. The Balaban J connectivity index is 0.525. The fourth-order valence-corrected chi connectivity index (χ4v) is 18.4. The molecule has 0 aliphatic heterocycles. The van der Waals surface area contributed by atoms with E-state index < -0.39 is 0 Å². The van der Waals surface area contributed by atoms with E-state index in [9.17, 15) is 0 Å². The number of nitrogens with zero attached hydrogens (tertiary/aromatic N) is 4. The van der Waals surface area contributed by atoms with Crippen LogP contribution in [0.3, 0.4) is 0 Å². The quantitative estimate of drug-likeness (QED) is 0.142. The highest BCUT2D eigenvalue weighted by atomic mass is 16.3. The van der Waals surface area contributed by atoms with Crippen LogP contribution in [0.5, 0.6) is 0 Å². The average molecular weight is 1370 g/mol. The molecule has 0 fully saturated rings. The van der Waals surface area contributed by atoms with E-state index in [4.69, 9.17) is 8.83 Å². The van der Waals surface area contributed by atoms with Gasteiger partial charge in [0.1, 0.15) is 22.3 Å². The van der Waals surface area contributed by atoms with Crippen molar-refractivity contribution in [2.24, 2.45) is 0 Å². The molecule has 0 aliphatic carbocycles. The zero-order valence-electron chi connectivity index (χ0n) is 58.2. The maximum absolute atomic E-state index is 6.70. The first-order valence-electron chi connectivity index (χ1n) is 37.1. The van der Waals surface area contributed by atoms with Gasteiger partial charge in [0.25, 0.3) is 0 Å². The largest absolute Gasteiger partial charge is 0.456 e. The van der Waals surface area contributed by atoms with Crippen molar-refractivity contribution in [1.29, 1.82) is 0 Å². The molecule has 6 heterocycles. The Morgan fingerprint density at radius 2 is 0.380 bits per heavy atom. The smallest absolute Gasteiger partial charge is 0.136 e. The van der Waals surface area contributed by atoms with Gasteiger partial charge >= 0.3 is 0 Å². The second-order valence-corrected chi connectivity index (χ2v) is 29.1. The molecule has 108 heavy (non-hydrogen) atoms. The summed E-state index contributed by atoms with van der Waals surface area (Å²) in [6.07, 6.45) is 0. The molecule has 6 aromatic heterocycles. The van der Waals surface area contributed by atoms with Crippen LogP contribution in [0.15, 0.2) is 373 Å². The van der Waals surface area contributed by atoms with Crippen molar-refractivity contribution in [3.8, 4) is 67.3 Å². The van der Waals surface area contributed by atoms with Crippen molar-refractivity contribution in [2.75, 3.05) is 0 Å². The third kappa shape index (κ3) is 8.65. The molecule has 0 aliphatic rings. The Hall–Kier alpha value is -14.5. The van der Waals surface area contributed by atoms with E-state index in [1.165, 1.54) is 125 Å². The number of aromatic nitrogens is 4. The van der Waals surface area contributed by atoms with Crippen molar-refractivity contribution >= 4 is 163 Å². The summed E-state index contributed by atoms with van der Waals surface area (Å²) in [6.45, 7) is 0. The Labute approximate surface area is 617 Å². The predicted octanol–water partition coefficient (Wildman–Crippen LogP) is 28.0. The minimum atomic E-state index is 0.868. The highest BCUT2D eigenvalue weighted by Gasteiger charge is 2.22. The van der Waals surface area contributed by atoms with Gasteiger partial charge in [0.15, 0.2) is 0 Å². The van der Waals surface area contributed by atoms with E-state index >= 15 is 0 Å². The lowest BCUT2D eigenvalue weighted by Gasteiger charge is -2.15. The summed E-state index contributed by atoms with van der Waals surface area (Å²) in [7, 11) is 0. The zero-order chi connectivity index (χ0) is 70.4. The number of benzene rings is 18. The minimum Gasteiger partial charge on any atom is -0.456 e.